The number of aliphatic carboxylic acids is 1. The summed E-state index contributed by atoms with van der Waals surface area (Å²) in [6, 6.07) is 14.3. The number of non-ortho nitro benzene ring substituents is 1. The fourth-order valence-corrected chi connectivity index (χ4v) is 11.4. The predicted octanol–water partition coefficient (Wildman–Crippen LogP) is 6.42. The minimum absolute atomic E-state index is 0.0563. The van der Waals surface area contributed by atoms with Crippen LogP contribution < -0.4 is 20.5 Å². The Labute approximate surface area is 459 Å². The number of para-hydroxylation sites is 1. The molecule has 79 heavy (non-hydrogen) atoms. The van der Waals surface area contributed by atoms with Crippen LogP contribution in [0.3, 0.4) is 0 Å². The number of allylic oxidation sites excluding steroid dienone is 3. The zero-order valence-electron chi connectivity index (χ0n) is 44.2. The Morgan fingerprint density at radius 2 is 1.80 bits per heavy atom. The number of aliphatic hydroxyl groups excluding tert-OH is 1. The van der Waals surface area contributed by atoms with E-state index in [0.717, 1.165) is 36.8 Å². The standard InChI is InChI=1S/C24H36O5.C16H16N4O8S.C13H12N2O5S/c1-5-15(3)24(27)29-21-11-14(2)10-17-7-6-16(4)20(23(17)21)9-8-19-12-18(25)13-22(26)28-19;1-26-19-9(8-3-2-4-27-8)12(21)18-10-13(22)20-11(15(23)24)7(5-28-16(17)25)6-29-14(10)20;1-21(18,19)14-12-8-7-10(15(16)17)9-13(12)20-11-5-3-2-4-6-11/h6-7,10,14-16,18-21,23,25H,5,8-9,11-13H2,1-4H3;2-4,10,14H,5-6H2,1H3,(H2,17,25)(H,18,21)(H,23,24);2-9,14H,1H3/b;19-9-;/t14-,15-,16-,18+,19+,20-,21-,23-;10-,14-;/m01./s1. The van der Waals surface area contributed by atoms with Gasteiger partial charge in [0.2, 0.25) is 15.7 Å². The molecule has 0 bridgehead atoms. The first-order valence-corrected chi connectivity index (χ1v) is 28.2. The monoisotopic (exact) mass is 1140 g/mol. The molecule has 0 unspecified atom stereocenters. The summed E-state index contributed by atoms with van der Waals surface area (Å²) in [5, 5.41) is 35.7. The number of rotatable bonds is 18. The summed E-state index contributed by atoms with van der Waals surface area (Å²) >= 11 is 1.21. The number of cyclic esters (lactones) is 1. The molecular weight excluding hydrogens is 1070 g/mol. The summed E-state index contributed by atoms with van der Waals surface area (Å²) in [5.41, 5.74) is 5.89. The lowest BCUT2D eigenvalue weighted by Crippen LogP contribution is -2.71. The van der Waals surface area contributed by atoms with Gasteiger partial charge in [-0.05, 0) is 79.3 Å². The molecule has 3 amide bonds. The summed E-state index contributed by atoms with van der Waals surface area (Å²) < 4.78 is 51.7. The second kappa shape index (κ2) is 27.2. The fraction of sp³-hybridized carbons (Fsp3) is 0.453. The van der Waals surface area contributed by atoms with Gasteiger partial charge in [-0.3, -0.25) is 38.9 Å². The molecule has 2 saturated heterocycles. The van der Waals surface area contributed by atoms with Crippen LogP contribution in [0, 0.1) is 39.7 Å². The van der Waals surface area contributed by atoms with Gasteiger partial charge in [0.15, 0.2) is 11.5 Å². The van der Waals surface area contributed by atoms with Crippen LogP contribution in [0.2, 0.25) is 0 Å². The second-order valence-corrected chi connectivity index (χ2v) is 22.3. The highest BCUT2D eigenvalue weighted by molar-refractivity contribution is 8.00. The smallest absolute Gasteiger partial charge is 0.404 e. The Morgan fingerprint density at radius 1 is 1.06 bits per heavy atom. The highest BCUT2D eigenvalue weighted by atomic mass is 32.2. The number of nitrogens with zero attached hydrogens (tertiary/aromatic N) is 3. The number of aliphatic hydroxyl groups is 1. The number of thioether (sulfide) groups is 1. The van der Waals surface area contributed by atoms with Crippen LogP contribution in [0.15, 0.2) is 112 Å². The van der Waals surface area contributed by atoms with Crippen molar-refractivity contribution in [1.82, 2.24) is 10.2 Å². The number of carbonyl (C=O) groups excluding carboxylic acids is 5. The minimum atomic E-state index is -3.52. The number of fused-ring (bicyclic) bond motifs is 2. The van der Waals surface area contributed by atoms with Crippen LogP contribution in [0.4, 0.5) is 16.2 Å². The molecule has 2 fully saturated rings. The number of anilines is 1. The van der Waals surface area contributed by atoms with E-state index in [0.29, 0.717) is 29.9 Å². The summed E-state index contributed by atoms with van der Waals surface area (Å²) in [5.74, 6) is -1.13. The van der Waals surface area contributed by atoms with Gasteiger partial charge in [0, 0.05) is 29.7 Å². The van der Waals surface area contributed by atoms with Crippen molar-refractivity contribution >= 4 is 74.7 Å². The van der Waals surface area contributed by atoms with Crippen molar-refractivity contribution < 1.29 is 80.5 Å². The number of furan rings is 1. The van der Waals surface area contributed by atoms with E-state index < -0.39 is 56.3 Å². The molecule has 2 aromatic carbocycles. The van der Waals surface area contributed by atoms with Gasteiger partial charge in [0.1, 0.15) is 48.8 Å². The number of β-lactam (4-membered cyclic amide) rings is 1. The average molecular weight is 1140 g/mol. The molecule has 3 aromatic rings. The number of amides is 3. The van der Waals surface area contributed by atoms with Crippen molar-refractivity contribution in [2.75, 3.05) is 30.4 Å². The highest BCUT2D eigenvalue weighted by Gasteiger charge is 2.54. The molecule has 5 aliphatic rings. The van der Waals surface area contributed by atoms with Crippen LogP contribution >= 0.6 is 11.8 Å². The molecule has 426 valence electrons. The number of oxime groups is 1. The van der Waals surface area contributed by atoms with Gasteiger partial charge in [-0.25, -0.2) is 18.0 Å². The Hall–Kier alpha value is -7.71. The number of nitro benzene ring substituents is 1. The third-order valence-electron chi connectivity index (χ3n) is 13.5. The predicted molar refractivity (Wildman–Crippen MR) is 286 cm³/mol. The largest absolute Gasteiger partial charge is 0.477 e. The average Bonchev–Trinajstić information content (AvgIpc) is 3.93. The first-order valence-electron chi connectivity index (χ1n) is 25.2. The Morgan fingerprint density at radius 3 is 2.42 bits per heavy atom. The molecule has 2 aliphatic carbocycles. The van der Waals surface area contributed by atoms with Crippen molar-refractivity contribution in [3.05, 3.63) is 118 Å². The molecule has 0 saturated carbocycles. The Bertz CT molecular complexity index is 2970. The molecule has 0 radical (unpaired) electrons. The number of hydrogen-bond donors (Lipinski definition) is 5. The Kier molecular flexibility index (Phi) is 20.9. The van der Waals surface area contributed by atoms with Crippen LogP contribution in [0.1, 0.15) is 72.0 Å². The number of nitrogens with two attached hydrogens (primary N) is 1. The van der Waals surface area contributed by atoms with Crippen molar-refractivity contribution in [2.24, 2.45) is 40.5 Å². The van der Waals surface area contributed by atoms with Gasteiger partial charge >= 0.3 is 24.0 Å². The van der Waals surface area contributed by atoms with Crippen LogP contribution in [-0.2, 0) is 53.0 Å². The van der Waals surface area contributed by atoms with E-state index in [1.54, 1.807) is 36.4 Å². The van der Waals surface area contributed by atoms with E-state index in [9.17, 15) is 57.5 Å². The lowest BCUT2D eigenvalue weighted by molar-refractivity contribution is -0.384. The Balaban J connectivity index is 0.000000194. The van der Waals surface area contributed by atoms with Crippen LogP contribution in [-0.4, -0.2) is 125 Å². The minimum Gasteiger partial charge on any atom is -0.477 e. The SMILES string of the molecule is CC[C@H](C)C(=O)O[C@H]1C[C@@H](C)C=C2C=C[C@H](C)[C@H](CC[C@@H]3C[C@@H](O)CC(=O)O3)[C@H]21.CO/N=C(\C(=O)N[C@@H]1C(=O)N2C(C(=O)O)=C(COC(N)=O)CS[C@H]12)c1ccco1.CS(=O)(=O)Nc1ccc([N+](=O)[O-])cc1Oc1ccccc1. The number of sulfonamides is 1. The zero-order valence-corrected chi connectivity index (χ0v) is 45.8. The number of carboxylic acids is 1. The first-order chi connectivity index (χ1) is 37.5. The zero-order chi connectivity index (χ0) is 57.7. The van der Waals surface area contributed by atoms with Gasteiger partial charge in [-0.1, -0.05) is 69.3 Å². The van der Waals surface area contributed by atoms with Gasteiger partial charge in [-0.2, -0.15) is 0 Å². The van der Waals surface area contributed by atoms with Crippen LogP contribution in [0.5, 0.6) is 11.5 Å². The van der Waals surface area contributed by atoms with Crippen molar-refractivity contribution in [2.45, 2.75) is 95.9 Å². The third-order valence-corrected chi connectivity index (χ3v) is 15.4. The molecule has 0 spiro atoms. The highest BCUT2D eigenvalue weighted by Crippen LogP contribution is 2.46. The van der Waals surface area contributed by atoms with Gasteiger partial charge in [-0.15, -0.1) is 11.8 Å². The third kappa shape index (κ3) is 16.2. The maximum atomic E-state index is 12.6. The molecule has 8 rings (SSSR count). The quantitative estimate of drug-likeness (QED) is 0.0229. The van der Waals surface area contributed by atoms with E-state index in [1.807, 2.05) is 13.8 Å². The van der Waals surface area contributed by atoms with Crippen molar-refractivity contribution in [3.8, 4) is 11.5 Å². The normalized spacial score (nSPS) is 24.6. The molecule has 3 aliphatic heterocycles. The summed E-state index contributed by atoms with van der Waals surface area (Å²) in [4.78, 5) is 87.7. The fourth-order valence-electron chi connectivity index (χ4n) is 9.54. The van der Waals surface area contributed by atoms with E-state index in [-0.39, 0.29) is 94.6 Å². The number of hydrogen-bond acceptors (Lipinski definition) is 19. The number of primary amides is 1. The van der Waals surface area contributed by atoms with Crippen molar-refractivity contribution in [1.29, 1.82) is 0 Å². The van der Waals surface area contributed by atoms with Crippen LogP contribution in [0.25, 0.3) is 0 Å². The van der Waals surface area contributed by atoms with E-state index >= 15 is 0 Å². The molecular formula is C53H64N6O18S2. The number of benzene rings is 2. The summed E-state index contributed by atoms with van der Waals surface area (Å²) in [6.45, 7) is 7.98. The van der Waals surface area contributed by atoms with E-state index in [2.05, 4.69) is 56.8 Å². The van der Waals surface area contributed by atoms with Crippen molar-refractivity contribution in [3.63, 3.8) is 0 Å². The lowest BCUT2D eigenvalue weighted by Gasteiger charge is -2.49. The molecule has 10 atom stereocenters. The maximum absolute atomic E-state index is 12.6. The van der Waals surface area contributed by atoms with E-state index in [1.165, 1.54) is 55.0 Å². The maximum Gasteiger partial charge on any atom is 0.404 e. The molecule has 24 nitrogen and oxygen atoms in total. The molecule has 1 aromatic heterocycles. The number of nitrogens with one attached hydrogen (secondary N) is 2. The topological polar surface area (TPSA) is 345 Å². The van der Waals surface area contributed by atoms with E-state index in [4.69, 9.17) is 24.4 Å². The number of nitro groups is 1. The number of carboxylic acid groups (broad SMARTS) is 1. The number of ether oxygens (including phenoxy) is 4. The molecule has 6 N–H and O–H groups in total. The number of carbonyl (C=O) groups is 6. The van der Waals surface area contributed by atoms with Gasteiger partial charge < -0.3 is 49.5 Å². The summed E-state index contributed by atoms with van der Waals surface area (Å²) in [6.07, 6.45) is 11.0. The first kappa shape index (κ1) is 60.5. The van der Waals surface area contributed by atoms with Gasteiger partial charge in [0.05, 0.1) is 47.6 Å². The molecule has 4 heterocycles. The van der Waals surface area contributed by atoms with Gasteiger partial charge in [0.25, 0.3) is 17.5 Å². The lowest BCUT2D eigenvalue weighted by atomic mass is 9.65. The second-order valence-electron chi connectivity index (χ2n) is 19.4. The number of esters is 2. The summed E-state index contributed by atoms with van der Waals surface area (Å²) in [7, 11) is -2.27. The molecule has 26 heteroatoms.